The van der Waals surface area contributed by atoms with Crippen molar-refractivity contribution in [2.45, 2.75) is 12.1 Å². The summed E-state index contributed by atoms with van der Waals surface area (Å²) in [6.45, 7) is 2.62. The first kappa shape index (κ1) is 12.7. The Bertz CT molecular complexity index is 528. The molecule has 0 aliphatic heterocycles. The van der Waals surface area contributed by atoms with Crippen molar-refractivity contribution in [2.75, 3.05) is 18.6 Å². The summed E-state index contributed by atoms with van der Waals surface area (Å²) in [6.07, 6.45) is 3.68. The molecule has 18 heavy (non-hydrogen) atoms. The summed E-state index contributed by atoms with van der Waals surface area (Å²) in [5.74, 6) is 1.35. The van der Waals surface area contributed by atoms with Crippen LogP contribution in [0.5, 0.6) is 5.75 Å². The van der Waals surface area contributed by atoms with Crippen molar-refractivity contribution in [1.29, 1.82) is 0 Å². The fourth-order valence-electron chi connectivity index (χ4n) is 1.60. The molecule has 2 N–H and O–H groups in total. The molecular formula is C13H15N3OS. The lowest BCUT2D eigenvalue weighted by molar-refractivity contribution is 0.340. The van der Waals surface area contributed by atoms with Crippen molar-refractivity contribution in [2.24, 2.45) is 0 Å². The van der Waals surface area contributed by atoms with Gasteiger partial charge in [-0.05, 0) is 30.9 Å². The number of nitrogens with two attached hydrogens (primary N) is 1. The lowest BCUT2D eigenvalue weighted by atomic mass is 10.1. The molecule has 94 valence electrons. The Morgan fingerprint density at radius 2 is 2.00 bits per heavy atom. The van der Waals surface area contributed by atoms with Gasteiger partial charge in [0.2, 0.25) is 0 Å². The van der Waals surface area contributed by atoms with Gasteiger partial charge in [0.25, 0.3) is 0 Å². The number of nitrogen functional groups attached to an aromatic ring is 1. The Kier molecular flexibility index (Phi) is 4.04. The van der Waals surface area contributed by atoms with E-state index in [9.17, 15) is 0 Å². The molecule has 0 aliphatic rings. The van der Waals surface area contributed by atoms with Crippen LogP contribution in [0.15, 0.2) is 35.6 Å². The third-order valence-electron chi connectivity index (χ3n) is 2.46. The fourth-order valence-corrected chi connectivity index (χ4v) is 1.94. The molecule has 5 heteroatoms. The second-order valence-electron chi connectivity index (χ2n) is 3.61. The maximum Gasteiger partial charge on any atom is 0.189 e. The highest BCUT2D eigenvalue weighted by Crippen LogP contribution is 2.26. The van der Waals surface area contributed by atoms with Crippen LogP contribution in [-0.4, -0.2) is 22.8 Å². The number of ether oxygens (including phenoxy) is 1. The fraction of sp³-hybridized carbons (Fsp3) is 0.231. The highest BCUT2D eigenvalue weighted by molar-refractivity contribution is 7.98. The average Bonchev–Trinajstić information content (AvgIpc) is 2.40. The van der Waals surface area contributed by atoms with Crippen molar-refractivity contribution in [3.8, 4) is 16.9 Å². The van der Waals surface area contributed by atoms with Crippen molar-refractivity contribution in [3.05, 3.63) is 30.5 Å². The van der Waals surface area contributed by atoms with Gasteiger partial charge in [0.1, 0.15) is 11.6 Å². The number of benzene rings is 1. The van der Waals surface area contributed by atoms with Crippen molar-refractivity contribution in [1.82, 2.24) is 9.97 Å². The Hall–Kier alpha value is -1.75. The molecule has 0 amide bonds. The number of anilines is 1. The molecule has 0 atom stereocenters. The molecule has 4 nitrogen and oxygen atoms in total. The summed E-state index contributed by atoms with van der Waals surface area (Å²) >= 11 is 1.47. The number of rotatable bonds is 4. The smallest absolute Gasteiger partial charge is 0.189 e. The first-order chi connectivity index (χ1) is 8.74. The van der Waals surface area contributed by atoms with Gasteiger partial charge in [-0.2, -0.15) is 0 Å². The quantitative estimate of drug-likeness (QED) is 0.677. The van der Waals surface area contributed by atoms with E-state index < -0.39 is 0 Å². The zero-order valence-corrected chi connectivity index (χ0v) is 11.2. The van der Waals surface area contributed by atoms with E-state index in [1.807, 2.05) is 37.4 Å². The van der Waals surface area contributed by atoms with Crippen LogP contribution in [0.2, 0.25) is 0 Å². The molecule has 1 aromatic carbocycles. The van der Waals surface area contributed by atoms with Crippen molar-refractivity contribution >= 4 is 17.6 Å². The molecule has 0 radical (unpaired) electrons. The highest BCUT2D eigenvalue weighted by Gasteiger charge is 2.06. The SMILES string of the molecule is CCOc1ccc(-c2cnc(SC)nc2N)cc1. The molecule has 0 bridgehead atoms. The van der Waals surface area contributed by atoms with Gasteiger partial charge in [0, 0.05) is 11.8 Å². The van der Waals surface area contributed by atoms with Crippen molar-refractivity contribution in [3.63, 3.8) is 0 Å². The Balaban J connectivity index is 2.30. The molecule has 0 spiro atoms. The van der Waals surface area contributed by atoms with Crippen LogP contribution in [0.1, 0.15) is 6.92 Å². The second kappa shape index (κ2) is 5.73. The normalized spacial score (nSPS) is 10.3. The topological polar surface area (TPSA) is 61.0 Å². The standard InChI is InChI=1S/C13H15N3OS/c1-3-17-10-6-4-9(5-7-10)11-8-15-13(18-2)16-12(11)14/h4-8H,3H2,1-2H3,(H2,14,15,16). The molecule has 0 aliphatic carbocycles. The minimum Gasteiger partial charge on any atom is -0.494 e. The molecule has 0 fully saturated rings. The van der Waals surface area contributed by atoms with Gasteiger partial charge in [-0.3, -0.25) is 0 Å². The minimum absolute atomic E-state index is 0.499. The Morgan fingerprint density at radius 1 is 1.28 bits per heavy atom. The van der Waals surface area contributed by atoms with E-state index in [4.69, 9.17) is 10.5 Å². The minimum atomic E-state index is 0.499. The first-order valence-corrected chi connectivity index (χ1v) is 6.86. The molecular weight excluding hydrogens is 246 g/mol. The van der Waals surface area contributed by atoms with Gasteiger partial charge >= 0.3 is 0 Å². The summed E-state index contributed by atoms with van der Waals surface area (Å²) in [5, 5.41) is 0.683. The summed E-state index contributed by atoms with van der Waals surface area (Å²) in [5.41, 5.74) is 7.76. The number of thioether (sulfide) groups is 1. The third-order valence-corrected chi connectivity index (χ3v) is 3.02. The van der Waals surface area contributed by atoms with Crippen LogP contribution in [0.4, 0.5) is 5.82 Å². The van der Waals surface area contributed by atoms with E-state index in [2.05, 4.69) is 9.97 Å². The maximum absolute atomic E-state index is 5.93. The highest BCUT2D eigenvalue weighted by atomic mass is 32.2. The van der Waals surface area contributed by atoms with E-state index in [1.165, 1.54) is 11.8 Å². The lowest BCUT2D eigenvalue weighted by Crippen LogP contribution is -1.98. The van der Waals surface area contributed by atoms with E-state index in [-0.39, 0.29) is 0 Å². The lowest BCUT2D eigenvalue weighted by Gasteiger charge is -2.07. The van der Waals surface area contributed by atoms with Crippen LogP contribution in [0.25, 0.3) is 11.1 Å². The van der Waals surface area contributed by atoms with Crippen molar-refractivity contribution < 1.29 is 4.74 Å². The predicted octanol–water partition coefficient (Wildman–Crippen LogP) is 2.85. The number of nitrogens with zero attached hydrogens (tertiary/aromatic N) is 2. The van der Waals surface area contributed by atoms with Crippen LogP contribution < -0.4 is 10.5 Å². The summed E-state index contributed by atoms with van der Waals surface area (Å²) in [7, 11) is 0. The number of hydrogen-bond donors (Lipinski definition) is 1. The first-order valence-electron chi connectivity index (χ1n) is 5.64. The predicted molar refractivity (Wildman–Crippen MR) is 74.8 cm³/mol. The summed E-state index contributed by atoms with van der Waals surface area (Å²) < 4.78 is 5.40. The van der Waals surface area contributed by atoms with Gasteiger partial charge in [-0.25, -0.2) is 9.97 Å². The third kappa shape index (κ3) is 2.73. The van der Waals surface area contributed by atoms with E-state index in [0.717, 1.165) is 16.9 Å². The molecule has 1 heterocycles. The average molecular weight is 261 g/mol. The zero-order valence-electron chi connectivity index (χ0n) is 10.4. The maximum atomic E-state index is 5.93. The Morgan fingerprint density at radius 3 is 2.56 bits per heavy atom. The second-order valence-corrected chi connectivity index (χ2v) is 4.39. The summed E-state index contributed by atoms with van der Waals surface area (Å²) in [4.78, 5) is 8.46. The molecule has 0 unspecified atom stereocenters. The van der Waals surface area contributed by atoms with Gasteiger partial charge in [-0.15, -0.1) is 0 Å². The van der Waals surface area contributed by atoms with E-state index in [1.54, 1.807) is 6.20 Å². The molecule has 2 aromatic rings. The molecule has 1 aromatic heterocycles. The van der Waals surface area contributed by atoms with Gasteiger partial charge in [-0.1, -0.05) is 23.9 Å². The van der Waals surface area contributed by atoms with Crippen LogP contribution in [-0.2, 0) is 0 Å². The number of aromatic nitrogens is 2. The van der Waals surface area contributed by atoms with Gasteiger partial charge in [0.05, 0.1) is 6.61 Å². The Labute approximate surface area is 111 Å². The monoisotopic (exact) mass is 261 g/mol. The van der Waals surface area contributed by atoms with Crippen LogP contribution >= 0.6 is 11.8 Å². The largest absolute Gasteiger partial charge is 0.494 e. The van der Waals surface area contributed by atoms with Crippen LogP contribution in [0, 0.1) is 0 Å². The molecule has 2 rings (SSSR count). The van der Waals surface area contributed by atoms with E-state index >= 15 is 0 Å². The molecule has 0 saturated heterocycles. The number of hydrogen-bond acceptors (Lipinski definition) is 5. The van der Waals surface area contributed by atoms with Gasteiger partial charge < -0.3 is 10.5 Å². The van der Waals surface area contributed by atoms with Crippen LogP contribution in [0.3, 0.4) is 0 Å². The van der Waals surface area contributed by atoms with E-state index in [0.29, 0.717) is 17.6 Å². The van der Waals surface area contributed by atoms with Gasteiger partial charge in [0.15, 0.2) is 5.16 Å². The molecule has 0 saturated carbocycles. The summed E-state index contributed by atoms with van der Waals surface area (Å²) in [6, 6.07) is 7.75. The zero-order chi connectivity index (χ0) is 13.0.